The van der Waals surface area contributed by atoms with E-state index in [4.69, 9.17) is 0 Å². The number of carbonyl (C=O) groups is 2. The zero-order chi connectivity index (χ0) is 26.6. The van der Waals surface area contributed by atoms with Crippen LogP contribution in [0.1, 0.15) is 73.5 Å². The van der Waals surface area contributed by atoms with Gasteiger partial charge in [-0.25, -0.2) is 0 Å². The molecule has 0 bridgehead atoms. The Balaban J connectivity index is 2.00. The van der Waals surface area contributed by atoms with Gasteiger partial charge in [-0.3, -0.25) is 19.4 Å². The summed E-state index contributed by atoms with van der Waals surface area (Å²) in [6.07, 6.45) is 5.90. The molecule has 0 radical (unpaired) electrons. The molecule has 0 aliphatic rings. The number of amides is 1. The highest BCUT2D eigenvalue weighted by Crippen LogP contribution is 2.30. The minimum absolute atomic E-state index is 0.0402. The van der Waals surface area contributed by atoms with E-state index in [1.54, 1.807) is 18.5 Å². The van der Waals surface area contributed by atoms with Gasteiger partial charge in [0.1, 0.15) is 11.8 Å². The molecule has 0 aliphatic carbocycles. The molecule has 36 heavy (non-hydrogen) atoms. The molecule has 0 aliphatic heterocycles. The first-order valence-electron chi connectivity index (χ1n) is 12.5. The fourth-order valence-corrected chi connectivity index (χ4v) is 4.65. The van der Waals surface area contributed by atoms with Crippen molar-refractivity contribution in [3.8, 4) is 11.1 Å². The van der Waals surface area contributed by atoms with Crippen LogP contribution in [0.2, 0.25) is 0 Å². The average Bonchev–Trinajstić information content (AvgIpc) is 2.79. The van der Waals surface area contributed by atoms with Gasteiger partial charge in [-0.15, -0.1) is 0 Å². The van der Waals surface area contributed by atoms with Gasteiger partial charge in [0.15, 0.2) is 0 Å². The molecule has 0 saturated carbocycles. The van der Waals surface area contributed by atoms with Crippen molar-refractivity contribution in [2.75, 3.05) is 0 Å². The van der Waals surface area contributed by atoms with Gasteiger partial charge < -0.3 is 9.88 Å². The third kappa shape index (κ3) is 6.36. The third-order valence-electron chi connectivity index (χ3n) is 6.62. The van der Waals surface area contributed by atoms with Crippen molar-refractivity contribution in [2.24, 2.45) is 5.92 Å². The van der Waals surface area contributed by atoms with Crippen LogP contribution >= 0.6 is 0 Å². The van der Waals surface area contributed by atoms with Gasteiger partial charge in [-0.1, -0.05) is 32.0 Å². The van der Waals surface area contributed by atoms with E-state index in [0.29, 0.717) is 6.42 Å². The summed E-state index contributed by atoms with van der Waals surface area (Å²) in [5.74, 6) is -0.131. The predicted octanol–water partition coefficient (Wildman–Crippen LogP) is 5.57. The number of rotatable bonds is 9. The maximum Gasteiger partial charge on any atom is 0.251 e. The van der Waals surface area contributed by atoms with Crippen LogP contribution in [-0.2, 0) is 9.59 Å². The van der Waals surface area contributed by atoms with Crippen molar-refractivity contribution in [3.05, 3.63) is 87.1 Å². The van der Waals surface area contributed by atoms with Crippen molar-refractivity contribution in [3.63, 3.8) is 0 Å². The summed E-state index contributed by atoms with van der Waals surface area (Å²) in [4.78, 5) is 43.1. The van der Waals surface area contributed by atoms with Crippen molar-refractivity contribution in [1.82, 2.24) is 14.9 Å². The molecule has 1 N–H and O–H groups in total. The second-order valence-electron chi connectivity index (χ2n) is 10.3. The molecule has 1 unspecified atom stereocenters. The molecule has 3 aromatic rings. The third-order valence-corrected chi connectivity index (χ3v) is 6.62. The lowest BCUT2D eigenvalue weighted by molar-refractivity contribution is -0.126. The molecule has 1 aromatic carbocycles. The molecule has 2 atom stereocenters. The lowest BCUT2D eigenvalue weighted by Crippen LogP contribution is -2.40. The molecule has 0 saturated heterocycles. The van der Waals surface area contributed by atoms with E-state index in [0.717, 1.165) is 38.9 Å². The van der Waals surface area contributed by atoms with Gasteiger partial charge in [0.05, 0.1) is 6.04 Å². The fourth-order valence-electron chi connectivity index (χ4n) is 4.65. The van der Waals surface area contributed by atoms with Gasteiger partial charge >= 0.3 is 0 Å². The molecule has 0 fully saturated rings. The number of ketones is 1. The van der Waals surface area contributed by atoms with E-state index in [-0.39, 0.29) is 29.6 Å². The van der Waals surface area contributed by atoms with Crippen LogP contribution in [-0.4, -0.2) is 21.2 Å². The van der Waals surface area contributed by atoms with E-state index in [9.17, 15) is 14.4 Å². The normalized spacial score (nSPS) is 12.9. The standard InChI is InChI=1S/C30H37N3O3/c1-18(2)11-27(33-17-22(6)21(5)12-28(33)35)30(36)32-26(13-23(7)34)24-14-25(16-31-15-24)29-19(3)9-8-10-20(29)4/h8-10,12,14-18,26-27H,11,13H2,1-7H3,(H,32,36)/t26-,27?/m1/s1. The van der Waals surface area contributed by atoms with Gasteiger partial charge in [-0.05, 0) is 86.4 Å². The molecule has 190 valence electrons. The predicted molar refractivity (Wildman–Crippen MR) is 144 cm³/mol. The number of nitrogens with one attached hydrogen (secondary N) is 1. The Labute approximate surface area is 213 Å². The largest absolute Gasteiger partial charge is 0.347 e. The van der Waals surface area contributed by atoms with Crippen molar-refractivity contribution < 1.29 is 9.59 Å². The van der Waals surface area contributed by atoms with Crippen LogP contribution in [0.3, 0.4) is 0 Å². The molecule has 6 heteroatoms. The molecule has 0 spiro atoms. The molecule has 3 rings (SSSR count). The molecule has 6 nitrogen and oxygen atoms in total. The number of nitrogens with zero attached hydrogens (tertiary/aromatic N) is 2. The number of aryl methyl sites for hydroxylation is 4. The van der Waals surface area contributed by atoms with Crippen molar-refractivity contribution in [2.45, 2.75) is 73.4 Å². The van der Waals surface area contributed by atoms with Gasteiger partial charge in [0.25, 0.3) is 5.56 Å². The number of aromatic nitrogens is 2. The van der Waals surface area contributed by atoms with E-state index in [1.807, 2.05) is 46.0 Å². The molecular weight excluding hydrogens is 450 g/mol. The Morgan fingerprint density at radius 1 is 0.972 bits per heavy atom. The second-order valence-corrected chi connectivity index (χ2v) is 10.3. The zero-order valence-corrected chi connectivity index (χ0v) is 22.4. The topological polar surface area (TPSA) is 81.1 Å². The minimum Gasteiger partial charge on any atom is -0.347 e. The average molecular weight is 488 g/mol. The summed E-state index contributed by atoms with van der Waals surface area (Å²) in [7, 11) is 0. The van der Waals surface area contributed by atoms with Crippen LogP contribution in [0.5, 0.6) is 0 Å². The minimum atomic E-state index is -0.680. The highest BCUT2D eigenvalue weighted by atomic mass is 16.2. The van der Waals surface area contributed by atoms with Gasteiger partial charge in [0, 0.05) is 36.6 Å². The summed E-state index contributed by atoms with van der Waals surface area (Å²) in [5.41, 5.74) is 6.69. The molecular formula is C30H37N3O3. The first-order valence-corrected chi connectivity index (χ1v) is 12.5. The number of benzene rings is 1. The SMILES string of the molecule is CC(=O)C[C@@H](NC(=O)C(CC(C)C)n1cc(C)c(C)cc1=O)c1cncc(-c2c(C)cccc2C)c1. The van der Waals surface area contributed by atoms with Gasteiger partial charge in [-0.2, -0.15) is 0 Å². The molecule has 1 amide bonds. The maximum absolute atomic E-state index is 13.7. The summed E-state index contributed by atoms with van der Waals surface area (Å²) in [6.45, 7) is 13.5. The zero-order valence-electron chi connectivity index (χ0n) is 22.4. The van der Waals surface area contributed by atoms with Crippen LogP contribution in [0.25, 0.3) is 11.1 Å². The van der Waals surface area contributed by atoms with Crippen LogP contribution in [0.15, 0.2) is 53.7 Å². The van der Waals surface area contributed by atoms with Crippen LogP contribution < -0.4 is 10.9 Å². The summed E-state index contributed by atoms with van der Waals surface area (Å²) in [5, 5.41) is 3.08. The monoisotopic (exact) mass is 487 g/mol. The highest BCUT2D eigenvalue weighted by Gasteiger charge is 2.27. The Hall–Kier alpha value is -3.54. The maximum atomic E-state index is 13.7. The first kappa shape index (κ1) is 27.1. The Kier molecular flexibility index (Phi) is 8.62. The summed E-state index contributed by atoms with van der Waals surface area (Å²) in [6, 6.07) is 8.47. The number of hydrogen-bond acceptors (Lipinski definition) is 4. The Morgan fingerprint density at radius 2 is 1.64 bits per heavy atom. The smallest absolute Gasteiger partial charge is 0.251 e. The Morgan fingerprint density at radius 3 is 2.25 bits per heavy atom. The quantitative estimate of drug-likeness (QED) is 0.428. The number of carbonyl (C=O) groups excluding carboxylic acids is 2. The van der Waals surface area contributed by atoms with E-state index >= 15 is 0 Å². The van der Waals surface area contributed by atoms with E-state index in [1.165, 1.54) is 11.5 Å². The highest BCUT2D eigenvalue weighted by molar-refractivity contribution is 5.83. The Bertz CT molecular complexity index is 1300. The van der Waals surface area contributed by atoms with Crippen molar-refractivity contribution in [1.29, 1.82) is 0 Å². The molecule has 2 aromatic heterocycles. The number of Topliss-reactive ketones (excluding diaryl/α,β-unsaturated/α-hetero) is 1. The van der Waals surface area contributed by atoms with Crippen LogP contribution in [0.4, 0.5) is 0 Å². The summed E-state index contributed by atoms with van der Waals surface area (Å²) >= 11 is 0. The lowest BCUT2D eigenvalue weighted by atomic mass is 9.94. The number of pyridine rings is 2. The van der Waals surface area contributed by atoms with Gasteiger partial charge in [0.2, 0.25) is 5.91 Å². The molecule has 2 heterocycles. The first-order chi connectivity index (χ1) is 17.0. The summed E-state index contributed by atoms with van der Waals surface area (Å²) < 4.78 is 1.52. The number of hydrogen-bond donors (Lipinski definition) is 1. The van der Waals surface area contributed by atoms with Crippen molar-refractivity contribution >= 4 is 11.7 Å². The van der Waals surface area contributed by atoms with E-state index < -0.39 is 12.1 Å². The second kappa shape index (κ2) is 11.5. The van der Waals surface area contributed by atoms with E-state index in [2.05, 4.69) is 36.3 Å². The fraction of sp³-hybridized carbons (Fsp3) is 0.400. The van der Waals surface area contributed by atoms with Crippen LogP contribution in [0, 0.1) is 33.6 Å². The lowest BCUT2D eigenvalue weighted by Gasteiger charge is -2.26.